The first-order valence-corrected chi connectivity index (χ1v) is 10.8. The summed E-state index contributed by atoms with van der Waals surface area (Å²) in [5, 5.41) is 8.85. The van der Waals surface area contributed by atoms with Gasteiger partial charge < -0.3 is 25.2 Å². The number of rotatable bonds is 4. The summed E-state index contributed by atoms with van der Waals surface area (Å²) < 4.78 is 5.60. The normalized spacial score (nSPS) is 18.5. The number of nitrogens with one attached hydrogen (secondary N) is 2. The first kappa shape index (κ1) is 19.7. The Labute approximate surface area is 182 Å². The first-order chi connectivity index (χ1) is 15.1. The lowest BCUT2D eigenvalue weighted by atomic mass is 9.94. The fourth-order valence-corrected chi connectivity index (χ4v) is 4.65. The zero-order valence-corrected chi connectivity index (χ0v) is 18.0. The Morgan fingerprint density at radius 2 is 1.87 bits per heavy atom. The molecule has 3 aromatic rings. The number of carbonyl (C=O) groups is 1. The molecule has 1 atom stereocenters. The molecule has 5 rings (SSSR count). The number of hydrogen-bond donors (Lipinski definition) is 2. The summed E-state index contributed by atoms with van der Waals surface area (Å²) in [5.41, 5.74) is 3.97. The highest BCUT2D eigenvalue weighted by Gasteiger charge is 2.30. The second-order valence-electron chi connectivity index (χ2n) is 8.35. The van der Waals surface area contributed by atoms with Crippen molar-refractivity contribution in [3.63, 3.8) is 0 Å². The van der Waals surface area contributed by atoms with Crippen LogP contribution < -0.4 is 20.3 Å². The Morgan fingerprint density at radius 3 is 2.68 bits per heavy atom. The van der Waals surface area contributed by atoms with E-state index in [0.717, 1.165) is 65.3 Å². The second-order valence-corrected chi connectivity index (χ2v) is 8.35. The number of likely N-dealkylation sites (N-methyl/N-ethyl adjacent to an activating group) is 1. The van der Waals surface area contributed by atoms with Crippen LogP contribution in [0.15, 0.2) is 54.6 Å². The second kappa shape index (κ2) is 8.12. The highest BCUT2D eigenvalue weighted by Crippen LogP contribution is 2.38. The molecule has 2 aliphatic heterocycles. The van der Waals surface area contributed by atoms with Crippen molar-refractivity contribution in [2.45, 2.75) is 5.92 Å². The Kier molecular flexibility index (Phi) is 5.16. The third kappa shape index (κ3) is 3.68. The van der Waals surface area contributed by atoms with Gasteiger partial charge in [-0.25, -0.2) is 0 Å². The van der Waals surface area contributed by atoms with Gasteiger partial charge in [-0.3, -0.25) is 4.79 Å². The molecule has 2 aliphatic rings. The van der Waals surface area contributed by atoms with E-state index < -0.39 is 0 Å². The van der Waals surface area contributed by atoms with Crippen molar-refractivity contribution in [1.29, 1.82) is 0 Å². The highest BCUT2D eigenvalue weighted by atomic mass is 16.5. The molecule has 0 saturated carbocycles. The number of nitrogens with zero attached hydrogens (tertiary/aromatic N) is 2. The van der Waals surface area contributed by atoms with Crippen LogP contribution in [-0.2, 0) is 4.79 Å². The number of amides is 1. The van der Waals surface area contributed by atoms with Gasteiger partial charge in [0.1, 0.15) is 5.75 Å². The monoisotopic (exact) mass is 416 g/mol. The van der Waals surface area contributed by atoms with Gasteiger partial charge in [0.05, 0.1) is 18.7 Å². The topological polar surface area (TPSA) is 56.8 Å². The Hall–Kier alpha value is -3.25. The number of benzene rings is 3. The molecule has 31 heavy (non-hydrogen) atoms. The maximum Gasteiger partial charge on any atom is 0.233 e. The summed E-state index contributed by atoms with van der Waals surface area (Å²) >= 11 is 0. The van der Waals surface area contributed by atoms with E-state index in [1.165, 1.54) is 0 Å². The summed E-state index contributed by atoms with van der Waals surface area (Å²) in [6, 6.07) is 18.3. The first-order valence-electron chi connectivity index (χ1n) is 10.8. The van der Waals surface area contributed by atoms with Crippen LogP contribution in [-0.4, -0.2) is 57.7 Å². The van der Waals surface area contributed by atoms with E-state index >= 15 is 0 Å². The average Bonchev–Trinajstić information content (AvgIpc) is 3.24. The van der Waals surface area contributed by atoms with E-state index in [1.807, 2.05) is 30.3 Å². The van der Waals surface area contributed by atoms with Crippen LogP contribution in [0.3, 0.4) is 0 Å². The lowest BCUT2D eigenvalue weighted by molar-refractivity contribution is -0.117. The van der Waals surface area contributed by atoms with Gasteiger partial charge in [0, 0.05) is 44.1 Å². The summed E-state index contributed by atoms with van der Waals surface area (Å²) in [5.74, 6) is 0.619. The summed E-state index contributed by atoms with van der Waals surface area (Å²) in [7, 11) is 3.84. The fourth-order valence-electron chi connectivity index (χ4n) is 4.65. The number of anilines is 3. The summed E-state index contributed by atoms with van der Waals surface area (Å²) in [6.07, 6.45) is 0. The van der Waals surface area contributed by atoms with Crippen LogP contribution in [0.5, 0.6) is 5.75 Å². The number of ether oxygens (including phenoxy) is 1. The minimum Gasteiger partial charge on any atom is -0.495 e. The van der Waals surface area contributed by atoms with E-state index in [1.54, 1.807) is 7.11 Å². The van der Waals surface area contributed by atoms with Crippen LogP contribution in [0.4, 0.5) is 17.1 Å². The van der Waals surface area contributed by atoms with Crippen LogP contribution >= 0.6 is 0 Å². The zero-order valence-electron chi connectivity index (χ0n) is 18.0. The molecule has 6 nitrogen and oxygen atoms in total. The van der Waals surface area contributed by atoms with E-state index in [2.05, 4.69) is 51.7 Å². The molecule has 0 aromatic heterocycles. The fraction of sp³-hybridized carbons (Fsp3) is 0.320. The predicted octanol–water partition coefficient (Wildman–Crippen LogP) is 3.75. The van der Waals surface area contributed by atoms with Gasteiger partial charge in [0.25, 0.3) is 0 Å². The molecule has 6 heteroatoms. The van der Waals surface area contributed by atoms with Crippen molar-refractivity contribution in [1.82, 2.24) is 4.90 Å². The lowest BCUT2D eigenvalue weighted by Crippen LogP contribution is -2.44. The number of hydrogen-bond acceptors (Lipinski definition) is 5. The number of fused-ring (bicyclic) bond motifs is 3. The third-order valence-corrected chi connectivity index (χ3v) is 6.42. The van der Waals surface area contributed by atoms with Gasteiger partial charge in [0.2, 0.25) is 5.91 Å². The molecule has 2 N–H and O–H groups in total. The smallest absolute Gasteiger partial charge is 0.233 e. The maximum atomic E-state index is 13.3. The highest BCUT2D eigenvalue weighted by molar-refractivity contribution is 6.03. The molecule has 1 unspecified atom stereocenters. The van der Waals surface area contributed by atoms with Gasteiger partial charge in [-0.2, -0.15) is 0 Å². The summed E-state index contributed by atoms with van der Waals surface area (Å²) in [4.78, 5) is 18.0. The van der Waals surface area contributed by atoms with E-state index in [-0.39, 0.29) is 11.8 Å². The molecule has 2 heterocycles. The van der Waals surface area contributed by atoms with Gasteiger partial charge >= 0.3 is 0 Å². The van der Waals surface area contributed by atoms with Gasteiger partial charge in [-0.1, -0.05) is 30.3 Å². The largest absolute Gasteiger partial charge is 0.495 e. The van der Waals surface area contributed by atoms with Gasteiger partial charge in [0.15, 0.2) is 0 Å². The molecule has 3 aromatic carbocycles. The molecular formula is C25H28N4O2. The molecule has 0 aliphatic carbocycles. The number of methoxy groups -OCH3 is 1. The Balaban J connectivity index is 1.41. The predicted molar refractivity (Wildman–Crippen MR) is 127 cm³/mol. The van der Waals surface area contributed by atoms with Crippen LogP contribution in [0.25, 0.3) is 10.8 Å². The van der Waals surface area contributed by atoms with E-state index in [4.69, 9.17) is 4.74 Å². The molecule has 0 spiro atoms. The third-order valence-electron chi connectivity index (χ3n) is 6.42. The van der Waals surface area contributed by atoms with E-state index in [0.29, 0.717) is 6.54 Å². The van der Waals surface area contributed by atoms with Crippen molar-refractivity contribution in [3.05, 3.63) is 60.2 Å². The van der Waals surface area contributed by atoms with Crippen LogP contribution in [0, 0.1) is 0 Å². The van der Waals surface area contributed by atoms with E-state index in [9.17, 15) is 4.79 Å². The van der Waals surface area contributed by atoms with Crippen LogP contribution in [0.2, 0.25) is 0 Å². The maximum absolute atomic E-state index is 13.3. The van der Waals surface area contributed by atoms with Crippen molar-refractivity contribution in [3.8, 4) is 5.75 Å². The van der Waals surface area contributed by atoms with Gasteiger partial charge in [-0.05, 0) is 47.6 Å². The standard InChI is InChI=1S/C25H28N4O2/c1-28-11-13-29(14-12-28)22-15-18(8-10-23(22)31-2)27-25(30)20-16-26-21-9-7-17-5-3-4-6-19(17)24(20)21/h3-10,15,20,26H,11-14,16H2,1-2H3,(H,27,30). The Morgan fingerprint density at radius 1 is 1.06 bits per heavy atom. The minimum absolute atomic E-state index is 0.0112. The molecule has 1 fully saturated rings. The average molecular weight is 417 g/mol. The molecule has 160 valence electrons. The SMILES string of the molecule is COc1ccc(NC(=O)C2CNc3ccc4ccccc4c32)cc1N1CCN(C)CC1. The number of piperazine rings is 1. The zero-order chi connectivity index (χ0) is 21.4. The Bertz CT molecular complexity index is 1120. The van der Waals surface area contributed by atoms with Crippen molar-refractivity contribution < 1.29 is 9.53 Å². The van der Waals surface area contributed by atoms with Gasteiger partial charge in [-0.15, -0.1) is 0 Å². The van der Waals surface area contributed by atoms with Crippen molar-refractivity contribution in [2.24, 2.45) is 0 Å². The molecule has 1 amide bonds. The lowest BCUT2D eigenvalue weighted by Gasteiger charge is -2.35. The molecule has 0 bridgehead atoms. The van der Waals surface area contributed by atoms with Crippen LogP contribution in [0.1, 0.15) is 11.5 Å². The van der Waals surface area contributed by atoms with Crippen molar-refractivity contribution in [2.75, 3.05) is 62.4 Å². The molecule has 0 radical (unpaired) electrons. The molecular weight excluding hydrogens is 388 g/mol. The minimum atomic E-state index is -0.227. The number of carbonyl (C=O) groups excluding carboxylic acids is 1. The van der Waals surface area contributed by atoms with Crippen molar-refractivity contribution >= 4 is 33.7 Å². The summed E-state index contributed by atoms with van der Waals surface area (Å²) in [6.45, 7) is 4.51. The quantitative estimate of drug-likeness (QED) is 0.679. The molecule has 1 saturated heterocycles.